The lowest BCUT2D eigenvalue weighted by molar-refractivity contribution is 0.555. The molecule has 1 unspecified atom stereocenters. The Balaban J connectivity index is 2.70. The molecule has 0 saturated carbocycles. The summed E-state index contributed by atoms with van der Waals surface area (Å²) in [7, 11) is -3.25. The standard InChI is InChI=1S/C14H24N2O2S/c1-4-12(3)16-19(17,18)11-14-8-6-7-13(9-14)10-15-5-2/h6-9,12,15-16H,4-5,10-11H2,1-3H3. The van der Waals surface area contributed by atoms with Crippen LogP contribution in [0.3, 0.4) is 0 Å². The largest absolute Gasteiger partial charge is 0.313 e. The first-order valence-electron chi connectivity index (χ1n) is 6.75. The van der Waals surface area contributed by atoms with Crippen molar-refractivity contribution in [3.8, 4) is 0 Å². The molecule has 0 aromatic heterocycles. The lowest BCUT2D eigenvalue weighted by Crippen LogP contribution is -2.33. The highest BCUT2D eigenvalue weighted by Gasteiger charge is 2.14. The van der Waals surface area contributed by atoms with Crippen molar-refractivity contribution in [2.75, 3.05) is 6.54 Å². The molecule has 0 aliphatic rings. The Hall–Kier alpha value is -0.910. The molecule has 0 radical (unpaired) electrons. The van der Waals surface area contributed by atoms with Gasteiger partial charge in [0.1, 0.15) is 0 Å². The molecule has 0 aliphatic carbocycles. The molecule has 1 aromatic rings. The summed E-state index contributed by atoms with van der Waals surface area (Å²) in [6, 6.07) is 7.68. The normalized spacial score (nSPS) is 13.4. The number of sulfonamides is 1. The van der Waals surface area contributed by atoms with Crippen molar-refractivity contribution in [1.82, 2.24) is 10.0 Å². The summed E-state index contributed by atoms with van der Waals surface area (Å²) in [4.78, 5) is 0. The highest BCUT2D eigenvalue weighted by Crippen LogP contribution is 2.09. The zero-order valence-electron chi connectivity index (χ0n) is 11.9. The monoisotopic (exact) mass is 284 g/mol. The van der Waals surface area contributed by atoms with E-state index in [9.17, 15) is 8.42 Å². The highest BCUT2D eigenvalue weighted by molar-refractivity contribution is 7.88. The van der Waals surface area contributed by atoms with Gasteiger partial charge in [-0.1, -0.05) is 38.1 Å². The molecule has 1 atom stereocenters. The summed E-state index contributed by atoms with van der Waals surface area (Å²) in [5, 5.41) is 3.23. The van der Waals surface area contributed by atoms with E-state index in [1.807, 2.05) is 45.0 Å². The number of nitrogens with one attached hydrogen (secondary N) is 2. The molecular weight excluding hydrogens is 260 g/mol. The topological polar surface area (TPSA) is 58.2 Å². The second-order valence-electron chi connectivity index (χ2n) is 4.79. The third-order valence-corrected chi connectivity index (χ3v) is 4.40. The van der Waals surface area contributed by atoms with Gasteiger partial charge in [-0.2, -0.15) is 0 Å². The Morgan fingerprint density at radius 1 is 1.21 bits per heavy atom. The quantitative estimate of drug-likeness (QED) is 0.768. The molecule has 0 spiro atoms. The second kappa shape index (κ2) is 7.62. The number of benzene rings is 1. The Morgan fingerprint density at radius 2 is 1.89 bits per heavy atom. The van der Waals surface area contributed by atoms with Crippen molar-refractivity contribution < 1.29 is 8.42 Å². The summed E-state index contributed by atoms with van der Waals surface area (Å²) in [6.45, 7) is 7.55. The van der Waals surface area contributed by atoms with Crippen molar-refractivity contribution in [2.45, 2.75) is 45.5 Å². The van der Waals surface area contributed by atoms with E-state index >= 15 is 0 Å². The van der Waals surface area contributed by atoms with E-state index in [2.05, 4.69) is 10.0 Å². The fraction of sp³-hybridized carbons (Fsp3) is 0.571. The lowest BCUT2D eigenvalue weighted by Gasteiger charge is -2.12. The van der Waals surface area contributed by atoms with Crippen LogP contribution in [0.15, 0.2) is 24.3 Å². The van der Waals surface area contributed by atoms with Crippen LogP contribution in [-0.2, 0) is 22.3 Å². The van der Waals surface area contributed by atoms with Gasteiger partial charge in [0.25, 0.3) is 0 Å². The van der Waals surface area contributed by atoms with Gasteiger partial charge >= 0.3 is 0 Å². The molecule has 108 valence electrons. The smallest absolute Gasteiger partial charge is 0.216 e. The summed E-state index contributed by atoms with van der Waals surface area (Å²) >= 11 is 0. The number of rotatable bonds is 8. The van der Waals surface area contributed by atoms with Crippen LogP contribution in [-0.4, -0.2) is 21.0 Å². The average Bonchev–Trinajstić information content (AvgIpc) is 2.35. The third kappa shape index (κ3) is 6.18. The van der Waals surface area contributed by atoms with Crippen LogP contribution in [0, 0.1) is 0 Å². The first-order chi connectivity index (χ1) is 8.96. The maximum Gasteiger partial charge on any atom is 0.216 e. The van der Waals surface area contributed by atoms with E-state index in [0.29, 0.717) is 0 Å². The molecule has 2 N–H and O–H groups in total. The molecule has 1 aromatic carbocycles. The van der Waals surface area contributed by atoms with Crippen LogP contribution in [0.2, 0.25) is 0 Å². The molecular formula is C14H24N2O2S. The minimum Gasteiger partial charge on any atom is -0.313 e. The van der Waals surface area contributed by atoms with Crippen LogP contribution >= 0.6 is 0 Å². The van der Waals surface area contributed by atoms with Crippen LogP contribution in [0.5, 0.6) is 0 Å². The first-order valence-corrected chi connectivity index (χ1v) is 8.40. The van der Waals surface area contributed by atoms with E-state index in [1.54, 1.807) is 0 Å². The molecule has 0 heterocycles. The van der Waals surface area contributed by atoms with Gasteiger partial charge in [0, 0.05) is 12.6 Å². The van der Waals surface area contributed by atoms with E-state index in [0.717, 1.165) is 30.6 Å². The van der Waals surface area contributed by atoms with Crippen LogP contribution < -0.4 is 10.0 Å². The summed E-state index contributed by atoms with van der Waals surface area (Å²) in [5.74, 6) is 0.0390. The van der Waals surface area contributed by atoms with Gasteiger partial charge in [0.2, 0.25) is 10.0 Å². The third-order valence-electron chi connectivity index (χ3n) is 2.92. The van der Waals surface area contributed by atoms with Crippen molar-refractivity contribution in [2.24, 2.45) is 0 Å². The van der Waals surface area contributed by atoms with Gasteiger partial charge in [-0.15, -0.1) is 0 Å². The van der Waals surface area contributed by atoms with Crippen molar-refractivity contribution in [1.29, 1.82) is 0 Å². The Kier molecular flexibility index (Phi) is 6.48. The number of hydrogen-bond donors (Lipinski definition) is 2. The SMILES string of the molecule is CCNCc1cccc(CS(=O)(=O)NC(C)CC)c1. The van der Waals surface area contributed by atoms with Crippen molar-refractivity contribution in [3.05, 3.63) is 35.4 Å². The fourth-order valence-electron chi connectivity index (χ4n) is 1.75. The summed E-state index contributed by atoms with van der Waals surface area (Å²) in [5.41, 5.74) is 1.93. The summed E-state index contributed by atoms with van der Waals surface area (Å²) in [6.07, 6.45) is 0.791. The Morgan fingerprint density at radius 3 is 2.53 bits per heavy atom. The number of hydrogen-bond acceptors (Lipinski definition) is 3. The zero-order chi connectivity index (χ0) is 14.3. The van der Waals surface area contributed by atoms with Gasteiger partial charge < -0.3 is 5.32 Å². The maximum absolute atomic E-state index is 12.0. The fourth-order valence-corrected chi connectivity index (χ4v) is 3.23. The predicted octanol–water partition coefficient (Wildman–Crippen LogP) is 2.01. The zero-order valence-corrected chi connectivity index (χ0v) is 12.8. The van der Waals surface area contributed by atoms with Crippen LogP contribution in [0.25, 0.3) is 0 Å². The van der Waals surface area contributed by atoms with Crippen molar-refractivity contribution >= 4 is 10.0 Å². The molecule has 1 rings (SSSR count). The molecule has 0 aliphatic heterocycles. The van der Waals surface area contributed by atoms with Gasteiger partial charge in [-0.05, 0) is 31.0 Å². The van der Waals surface area contributed by atoms with Crippen molar-refractivity contribution in [3.63, 3.8) is 0 Å². The van der Waals surface area contributed by atoms with Crippen LogP contribution in [0.1, 0.15) is 38.3 Å². The Bertz CT molecular complexity index is 486. The van der Waals surface area contributed by atoms with Gasteiger partial charge in [-0.25, -0.2) is 13.1 Å². The molecule has 0 amide bonds. The van der Waals surface area contributed by atoms with Gasteiger partial charge in [0.05, 0.1) is 5.75 Å². The molecule has 4 nitrogen and oxygen atoms in total. The highest BCUT2D eigenvalue weighted by atomic mass is 32.2. The van der Waals surface area contributed by atoms with Gasteiger partial charge in [0.15, 0.2) is 0 Å². The second-order valence-corrected chi connectivity index (χ2v) is 6.54. The predicted molar refractivity (Wildman–Crippen MR) is 79.3 cm³/mol. The molecule has 0 saturated heterocycles. The average molecular weight is 284 g/mol. The minimum atomic E-state index is -3.25. The first kappa shape index (κ1) is 16.1. The molecule has 0 fully saturated rings. The summed E-state index contributed by atoms with van der Waals surface area (Å²) < 4.78 is 26.6. The lowest BCUT2D eigenvalue weighted by atomic mass is 10.1. The van der Waals surface area contributed by atoms with E-state index in [4.69, 9.17) is 0 Å². The molecule has 5 heteroatoms. The van der Waals surface area contributed by atoms with Gasteiger partial charge in [-0.3, -0.25) is 0 Å². The van der Waals surface area contributed by atoms with Crippen LogP contribution in [0.4, 0.5) is 0 Å². The molecule has 19 heavy (non-hydrogen) atoms. The maximum atomic E-state index is 12.0. The van der Waals surface area contributed by atoms with E-state index in [-0.39, 0.29) is 11.8 Å². The van der Waals surface area contributed by atoms with E-state index < -0.39 is 10.0 Å². The Labute approximate surface area is 116 Å². The van der Waals surface area contributed by atoms with E-state index in [1.165, 1.54) is 0 Å². The minimum absolute atomic E-state index is 0.0186. The molecule has 0 bridgehead atoms.